The molecule has 0 spiro atoms. The number of rotatable bonds is 5. The Morgan fingerprint density at radius 2 is 1.88 bits per heavy atom. The van der Waals surface area contributed by atoms with Gasteiger partial charge in [-0.3, -0.25) is 4.57 Å². The number of hydrogen-bond donors (Lipinski definition) is 2. The van der Waals surface area contributed by atoms with Crippen molar-refractivity contribution in [3.8, 4) is 0 Å². The van der Waals surface area contributed by atoms with Crippen molar-refractivity contribution >= 4 is 28.7 Å². The SMILES string of the molecule is CC1CCC(n2c(Nc3ccc(F)cc3F)nc3cnc(NC4CCOCC4C)nc32)CC1. The first-order chi connectivity index (χ1) is 16.0. The Morgan fingerprint density at radius 1 is 1.06 bits per heavy atom. The average molecular weight is 457 g/mol. The molecule has 2 atom stereocenters. The summed E-state index contributed by atoms with van der Waals surface area (Å²) in [6.07, 6.45) is 6.84. The van der Waals surface area contributed by atoms with E-state index in [9.17, 15) is 8.78 Å². The van der Waals surface area contributed by atoms with E-state index >= 15 is 0 Å². The van der Waals surface area contributed by atoms with E-state index in [1.54, 1.807) is 6.20 Å². The van der Waals surface area contributed by atoms with Gasteiger partial charge in [-0.25, -0.2) is 18.7 Å². The van der Waals surface area contributed by atoms with Gasteiger partial charge in [0.15, 0.2) is 5.65 Å². The summed E-state index contributed by atoms with van der Waals surface area (Å²) in [5.41, 5.74) is 1.54. The highest BCUT2D eigenvalue weighted by atomic mass is 19.1. The zero-order valence-corrected chi connectivity index (χ0v) is 19.0. The lowest BCUT2D eigenvalue weighted by Gasteiger charge is -2.30. The van der Waals surface area contributed by atoms with E-state index in [2.05, 4.69) is 39.0 Å². The minimum Gasteiger partial charge on any atom is -0.381 e. The van der Waals surface area contributed by atoms with Gasteiger partial charge in [-0.2, -0.15) is 4.98 Å². The summed E-state index contributed by atoms with van der Waals surface area (Å²) >= 11 is 0. The lowest BCUT2D eigenvalue weighted by Crippen LogP contribution is -2.36. The minimum absolute atomic E-state index is 0.180. The lowest BCUT2D eigenvalue weighted by atomic mass is 9.87. The highest BCUT2D eigenvalue weighted by Crippen LogP contribution is 2.37. The van der Waals surface area contributed by atoms with Gasteiger partial charge in [0, 0.05) is 24.8 Å². The second kappa shape index (κ2) is 9.21. The third kappa shape index (κ3) is 4.64. The maximum absolute atomic E-state index is 14.4. The van der Waals surface area contributed by atoms with Crippen LogP contribution in [0.1, 0.15) is 52.0 Å². The Labute approximate surface area is 192 Å². The number of nitrogens with zero attached hydrogens (tertiary/aromatic N) is 4. The Balaban J connectivity index is 1.52. The molecular weight excluding hydrogens is 426 g/mol. The smallest absolute Gasteiger partial charge is 0.224 e. The first-order valence-corrected chi connectivity index (χ1v) is 11.8. The van der Waals surface area contributed by atoms with Gasteiger partial charge < -0.3 is 15.4 Å². The molecule has 2 N–H and O–H groups in total. The predicted molar refractivity (Wildman–Crippen MR) is 124 cm³/mol. The molecule has 1 aliphatic heterocycles. The molecule has 1 aromatic carbocycles. The molecule has 2 unspecified atom stereocenters. The number of fused-ring (bicyclic) bond motifs is 1. The molecular formula is C24H30F2N6O. The number of halogens is 2. The predicted octanol–water partition coefficient (Wildman–Crippen LogP) is 5.44. The van der Waals surface area contributed by atoms with E-state index < -0.39 is 11.6 Å². The third-order valence-electron chi connectivity index (χ3n) is 6.92. The van der Waals surface area contributed by atoms with E-state index in [4.69, 9.17) is 9.72 Å². The molecule has 0 amide bonds. The molecule has 7 nitrogen and oxygen atoms in total. The lowest BCUT2D eigenvalue weighted by molar-refractivity contribution is 0.0536. The standard InChI is InChI=1S/C24H30F2N6O/c1-14-3-6-17(7-4-14)32-22-21(30-24(32)29-20-8-5-16(25)11-18(20)26)12-27-23(31-22)28-19-9-10-33-13-15(19)2/h5,8,11-12,14-15,17,19H,3-4,6-7,9-10,13H2,1-2H3,(H,29,30)(H,27,28,31). The van der Waals surface area contributed by atoms with Gasteiger partial charge in [-0.1, -0.05) is 13.8 Å². The van der Waals surface area contributed by atoms with Crippen molar-refractivity contribution in [1.82, 2.24) is 19.5 Å². The van der Waals surface area contributed by atoms with Gasteiger partial charge in [0.05, 0.1) is 18.5 Å². The minimum atomic E-state index is -0.659. The molecule has 2 aliphatic rings. The van der Waals surface area contributed by atoms with Gasteiger partial charge in [0.1, 0.15) is 17.2 Å². The first-order valence-electron chi connectivity index (χ1n) is 11.8. The average Bonchev–Trinajstić information content (AvgIpc) is 3.15. The van der Waals surface area contributed by atoms with E-state index in [0.29, 0.717) is 29.2 Å². The van der Waals surface area contributed by atoms with Gasteiger partial charge in [0.25, 0.3) is 0 Å². The molecule has 3 heterocycles. The Hall–Kier alpha value is -2.81. The van der Waals surface area contributed by atoms with Crippen molar-refractivity contribution < 1.29 is 13.5 Å². The molecule has 176 valence electrons. The van der Waals surface area contributed by atoms with Crippen molar-refractivity contribution in [2.24, 2.45) is 11.8 Å². The quantitative estimate of drug-likeness (QED) is 0.533. The molecule has 0 bridgehead atoms. The summed E-state index contributed by atoms with van der Waals surface area (Å²) in [4.78, 5) is 14.0. The van der Waals surface area contributed by atoms with E-state index in [-0.39, 0.29) is 17.8 Å². The van der Waals surface area contributed by atoms with Crippen LogP contribution in [0.15, 0.2) is 24.4 Å². The number of imidazole rings is 1. The van der Waals surface area contributed by atoms with Crippen LogP contribution in [-0.2, 0) is 4.74 Å². The fourth-order valence-electron chi connectivity index (χ4n) is 4.87. The third-order valence-corrected chi connectivity index (χ3v) is 6.92. The van der Waals surface area contributed by atoms with E-state index in [0.717, 1.165) is 57.0 Å². The summed E-state index contributed by atoms with van der Waals surface area (Å²) in [5, 5.41) is 6.55. The number of hydrogen-bond acceptors (Lipinski definition) is 6. The molecule has 9 heteroatoms. The highest BCUT2D eigenvalue weighted by Gasteiger charge is 2.27. The molecule has 1 saturated carbocycles. The van der Waals surface area contributed by atoms with Crippen LogP contribution in [0, 0.1) is 23.5 Å². The second-order valence-corrected chi connectivity index (χ2v) is 9.46. The Kier molecular flexibility index (Phi) is 6.14. The Morgan fingerprint density at radius 3 is 2.64 bits per heavy atom. The second-order valence-electron chi connectivity index (χ2n) is 9.46. The zero-order valence-electron chi connectivity index (χ0n) is 19.0. The van der Waals surface area contributed by atoms with Crippen LogP contribution in [0.5, 0.6) is 0 Å². The molecule has 33 heavy (non-hydrogen) atoms. The highest BCUT2D eigenvalue weighted by molar-refractivity contribution is 5.76. The Bertz CT molecular complexity index is 1130. The fraction of sp³-hybridized carbons (Fsp3) is 0.542. The topological polar surface area (TPSA) is 76.9 Å². The number of nitrogens with one attached hydrogen (secondary N) is 2. The van der Waals surface area contributed by atoms with Gasteiger partial charge in [-0.05, 0) is 56.1 Å². The summed E-state index contributed by atoms with van der Waals surface area (Å²) in [5.74, 6) is 0.835. The molecule has 3 aromatic rings. The molecule has 1 saturated heterocycles. The monoisotopic (exact) mass is 456 g/mol. The van der Waals surface area contributed by atoms with Crippen molar-refractivity contribution in [3.05, 3.63) is 36.0 Å². The largest absolute Gasteiger partial charge is 0.381 e. The van der Waals surface area contributed by atoms with Crippen molar-refractivity contribution in [2.45, 2.75) is 58.0 Å². The van der Waals surface area contributed by atoms with Crippen LogP contribution >= 0.6 is 0 Å². The van der Waals surface area contributed by atoms with Crippen molar-refractivity contribution in [1.29, 1.82) is 0 Å². The van der Waals surface area contributed by atoms with Gasteiger partial charge in [0.2, 0.25) is 11.9 Å². The molecule has 2 aromatic heterocycles. The van der Waals surface area contributed by atoms with Crippen LogP contribution in [-0.4, -0.2) is 38.8 Å². The fourth-order valence-corrected chi connectivity index (χ4v) is 4.87. The van der Waals surface area contributed by atoms with Crippen LogP contribution < -0.4 is 10.6 Å². The summed E-state index contributed by atoms with van der Waals surface area (Å²) in [6, 6.07) is 3.94. The summed E-state index contributed by atoms with van der Waals surface area (Å²) in [7, 11) is 0. The van der Waals surface area contributed by atoms with E-state index in [1.807, 2.05) is 0 Å². The molecule has 0 radical (unpaired) electrons. The summed E-state index contributed by atoms with van der Waals surface area (Å²) in [6.45, 7) is 5.87. The van der Waals surface area contributed by atoms with Crippen LogP contribution in [0.2, 0.25) is 0 Å². The van der Waals surface area contributed by atoms with Crippen LogP contribution in [0.4, 0.5) is 26.4 Å². The zero-order chi connectivity index (χ0) is 22.9. The van der Waals surface area contributed by atoms with Gasteiger partial charge >= 0.3 is 0 Å². The maximum atomic E-state index is 14.4. The molecule has 2 fully saturated rings. The summed E-state index contributed by atoms with van der Waals surface area (Å²) < 4.78 is 35.4. The molecule has 5 rings (SSSR count). The maximum Gasteiger partial charge on any atom is 0.224 e. The van der Waals surface area contributed by atoms with E-state index in [1.165, 1.54) is 12.1 Å². The number of benzene rings is 1. The van der Waals surface area contributed by atoms with Crippen molar-refractivity contribution in [3.63, 3.8) is 0 Å². The first kappa shape index (κ1) is 22.0. The normalized spacial score (nSPS) is 25.8. The van der Waals surface area contributed by atoms with Crippen LogP contribution in [0.3, 0.4) is 0 Å². The number of anilines is 3. The number of aromatic nitrogens is 4. The van der Waals surface area contributed by atoms with Crippen LogP contribution in [0.25, 0.3) is 11.2 Å². The van der Waals surface area contributed by atoms with Gasteiger partial charge in [-0.15, -0.1) is 0 Å². The van der Waals surface area contributed by atoms with Crippen molar-refractivity contribution in [2.75, 3.05) is 23.8 Å². The molecule has 1 aliphatic carbocycles. The number of ether oxygens (including phenoxy) is 1.